The van der Waals surface area contributed by atoms with Gasteiger partial charge < -0.3 is 25.2 Å². The lowest BCUT2D eigenvalue weighted by atomic mass is 10.1. The Labute approximate surface area is 186 Å². The van der Waals surface area contributed by atoms with Crippen LogP contribution in [0.15, 0.2) is 29.3 Å². The monoisotopic (exact) mass is 505 g/mol. The standard InChI is InChI=1S/C20H35N5O2.HI/c1-21-20(22-11-7-13-25(4)14-15-27-5)23-12-10-17-8-6-9-18(16-17)19(26)24(2)3;/h6,8-9,16H,7,10-15H2,1-5H3,(H2,21,22,23);1H. The summed E-state index contributed by atoms with van der Waals surface area (Å²) in [6.07, 6.45) is 1.87. The van der Waals surface area contributed by atoms with Crippen LogP contribution in [-0.2, 0) is 11.2 Å². The molecular weight excluding hydrogens is 469 g/mol. The lowest BCUT2D eigenvalue weighted by Gasteiger charge is -2.17. The molecule has 1 amide bonds. The van der Waals surface area contributed by atoms with Crippen LogP contribution in [0.1, 0.15) is 22.3 Å². The van der Waals surface area contributed by atoms with Gasteiger partial charge in [-0.3, -0.25) is 9.79 Å². The second-order valence-corrected chi connectivity index (χ2v) is 6.73. The summed E-state index contributed by atoms with van der Waals surface area (Å²) in [7, 11) is 9.13. The average molecular weight is 505 g/mol. The van der Waals surface area contributed by atoms with E-state index in [1.807, 2.05) is 24.3 Å². The Morgan fingerprint density at radius 1 is 1.14 bits per heavy atom. The Bertz CT molecular complexity index is 596. The van der Waals surface area contributed by atoms with Crippen LogP contribution in [0.3, 0.4) is 0 Å². The number of rotatable bonds is 11. The van der Waals surface area contributed by atoms with Gasteiger partial charge in [-0.1, -0.05) is 12.1 Å². The molecule has 0 aliphatic heterocycles. The fourth-order valence-corrected chi connectivity index (χ4v) is 2.58. The second-order valence-electron chi connectivity index (χ2n) is 6.73. The fourth-order valence-electron chi connectivity index (χ4n) is 2.58. The Kier molecular flexibility index (Phi) is 14.8. The van der Waals surface area contributed by atoms with Gasteiger partial charge >= 0.3 is 0 Å². The van der Waals surface area contributed by atoms with Crippen molar-refractivity contribution in [3.8, 4) is 0 Å². The van der Waals surface area contributed by atoms with Gasteiger partial charge in [-0.25, -0.2) is 0 Å². The summed E-state index contributed by atoms with van der Waals surface area (Å²) in [6, 6.07) is 7.78. The minimum atomic E-state index is 0. The number of ether oxygens (including phenoxy) is 1. The summed E-state index contributed by atoms with van der Waals surface area (Å²) >= 11 is 0. The zero-order chi connectivity index (χ0) is 20.1. The molecule has 0 unspecified atom stereocenters. The number of carbonyl (C=O) groups excluding carboxylic acids is 1. The third kappa shape index (κ3) is 10.8. The molecule has 2 N–H and O–H groups in total. The first kappa shape index (κ1) is 26.6. The third-order valence-electron chi connectivity index (χ3n) is 4.20. The van der Waals surface area contributed by atoms with E-state index < -0.39 is 0 Å². The maximum Gasteiger partial charge on any atom is 0.253 e. The minimum Gasteiger partial charge on any atom is -0.383 e. The maximum absolute atomic E-state index is 12.0. The molecular formula is C20H36IN5O2. The summed E-state index contributed by atoms with van der Waals surface area (Å²) in [4.78, 5) is 20.1. The Hall–Kier alpha value is -1.39. The lowest BCUT2D eigenvalue weighted by molar-refractivity contribution is 0.0827. The van der Waals surface area contributed by atoms with Crippen molar-refractivity contribution >= 4 is 35.8 Å². The molecule has 7 nitrogen and oxygen atoms in total. The number of hydrogen-bond donors (Lipinski definition) is 2. The molecule has 0 aromatic heterocycles. The van der Waals surface area contributed by atoms with E-state index in [9.17, 15) is 4.79 Å². The lowest BCUT2D eigenvalue weighted by Crippen LogP contribution is -2.39. The van der Waals surface area contributed by atoms with Gasteiger partial charge in [-0.15, -0.1) is 24.0 Å². The van der Waals surface area contributed by atoms with Crippen molar-refractivity contribution in [2.24, 2.45) is 4.99 Å². The number of hydrogen-bond acceptors (Lipinski definition) is 4. The van der Waals surface area contributed by atoms with E-state index in [1.165, 1.54) is 0 Å². The van der Waals surface area contributed by atoms with Gasteiger partial charge in [0.2, 0.25) is 0 Å². The highest BCUT2D eigenvalue weighted by molar-refractivity contribution is 14.0. The average Bonchev–Trinajstić information content (AvgIpc) is 2.67. The largest absolute Gasteiger partial charge is 0.383 e. The fraction of sp³-hybridized carbons (Fsp3) is 0.600. The molecule has 8 heteroatoms. The molecule has 1 aromatic rings. The van der Waals surface area contributed by atoms with E-state index >= 15 is 0 Å². The van der Waals surface area contributed by atoms with Gasteiger partial charge in [0, 0.05) is 53.5 Å². The number of nitrogens with zero attached hydrogens (tertiary/aromatic N) is 3. The molecule has 0 heterocycles. The topological polar surface area (TPSA) is 69.2 Å². The van der Waals surface area contributed by atoms with Crippen LogP contribution in [0.25, 0.3) is 0 Å². The summed E-state index contributed by atoms with van der Waals surface area (Å²) in [5, 5.41) is 6.65. The Balaban J connectivity index is 0.00000729. The van der Waals surface area contributed by atoms with Gasteiger partial charge in [-0.05, 0) is 44.1 Å². The SMILES string of the molecule is CN=C(NCCCN(C)CCOC)NCCc1cccc(C(=O)N(C)C)c1.I. The van der Waals surface area contributed by atoms with Gasteiger partial charge in [0.15, 0.2) is 5.96 Å². The molecule has 0 saturated heterocycles. The molecule has 1 rings (SSSR count). The van der Waals surface area contributed by atoms with E-state index in [0.717, 1.165) is 62.7 Å². The maximum atomic E-state index is 12.0. The summed E-state index contributed by atoms with van der Waals surface area (Å²) in [5.41, 5.74) is 1.85. The number of nitrogens with one attached hydrogen (secondary N) is 2. The smallest absolute Gasteiger partial charge is 0.253 e. The van der Waals surface area contributed by atoms with E-state index in [4.69, 9.17) is 4.74 Å². The summed E-state index contributed by atoms with van der Waals surface area (Å²) in [6.45, 7) is 4.34. The van der Waals surface area contributed by atoms with Gasteiger partial charge in [0.05, 0.1) is 6.61 Å². The minimum absolute atomic E-state index is 0. The number of halogens is 1. The van der Waals surface area contributed by atoms with Crippen molar-refractivity contribution < 1.29 is 9.53 Å². The number of likely N-dealkylation sites (N-methyl/N-ethyl adjacent to an activating group) is 1. The molecule has 0 spiro atoms. The molecule has 0 bridgehead atoms. The van der Waals surface area contributed by atoms with Gasteiger partial charge in [-0.2, -0.15) is 0 Å². The first-order valence-corrected chi connectivity index (χ1v) is 9.40. The molecule has 0 radical (unpaired) electrons. The molecule has 160 valence electrons. The normalized spacial score (nSPS) is 11.1. The first-order chi connectivity index (χ1) is 13.0. The number of carbonyl (C=O) groups is 1. The number of methoxy groups -OCH3 is 1. The highest BCUT2D eigenvalue weighted by Gasteiger charge is 2.08. The van der Waals surface area contributed by atoms with E-state index in [-0.39, 0.29) is 29.9 Å². The molecule has 0 atom stereocenters. The van der Waals surface area contributed by atoms with Crippen LogP contribution in [0.5, 0.6) is 0 Å². The van der Waals surface area contributed by atoms with Crippen molar-refractivity contribution in [2.45, 2.75) is 12.8 Å². The van der Waals surface area contributed by atoms with Crippen molar-refractivity contribution in [3.63, 3.8) is 0 Å². The van der Waals surface area contributed by atoms with Crippen LogP contribution in [-0.4, -0.2) is 89.8 Å². The van der Waals surface area contributed by atoms with Crippen molar-refractivity contribution in [2.75, 3.05) is 68.1 Å². The second kappa shape index (κ2) is 15.5. The van der Waals surface area contributed by atoms with Gasteiger partial charge in [0.25, 0.3) is 5.91 Å². The molecule has 28 heavy (non-hydrogen) atoms. The Morgan fingerprint density at radius 3 is 2.50 bits per heavy atom. The number of aliphatic imine (C=N–C) groups is 1. The summed E-state index contributed by atoms with van der Waals surface area (Å²) in [5.74, 6) is 0.827. The van der Waals surface area contributed by atoms with E-state index in [1.54, 1.807) is 33.2 Å². The highest BCUT2D eigenvalue weighted by atomic mass is 127. The predicted molar refractivity (Wildman–Crippen MR) is 127 cm³/mol. The number of guanidine groups is 1. The van der Waals surface area contributed by atoms with Gasteiger partial charge in [0.1, 0.15) is 0 Å². The Morgan fingerprint density at radius 2 is 1.86 bits per heavy atom. The van der Waals surface area contributed by atoms with Crippen molar-refractivity contribution in [1.82, 2.24) is 20.4 Å². The van der Waals surface area contributed by atoms with Crippen LogP contribution in [0.2, 0.25) is 0 Å². The molecule has 0 saturated carbocycles. The highest BCUT2D eigenvalue weighted by Crippen LogP contribution is 2.07. The molecule has 0 fully saturated rings. The van der Waals surface area contributed by atoms with Crippen molar-refractivity contribution in [3.05, 3.63) is 35.4 Å². The number of benzene rings is 1. The van der Waals surface area contributed by atoms with E-state index in [2.05, 4.69) is 27.6 Å². The zero-order valence-corrected chi connectivity index (χ0v) is 20.2. The molecule has 0 aliphatic carbocycles. The van der Waals surface area contributed by atoms with Crippen molar-refractivity contribution in [1.29, 1.82) is 0 Å². The zero-order valence-electron chi connectivity index (χ0n) is 17.8. The summed E-state index contributed by atoms with van der Waals surface area (Å²) < 4.78 is 5.08. The van der Waals surface area contributed by atoms with Crippen LogP contribution < -0.4 is 10.6 Å². The van der Waals surface area contributed by atoms with E-state index in [0.29, 0.717) is 0 Å². The van der Waals surface area contributed by atoms with Crippen LogP contribution >= 0.6 is 24.0 Å². The van der Waals surface area contributed by atoms with Crippen LogP contribution in [0.4, 0.5) is 0 Å². The number of amides is 1. The quantitative estimate of drug-likeness (QED) is 0.207. The molecule has 1 aromatic carbocycles. The first-order valence-electron chi connectivity index (χ1n) is 9.40. The predicted octanol–water partition coefficient (Wildman–Crippen LogP) is 1.68. The third-order valence-corrected chi connectivity index (χ3v) is 4.20. The van der Waals surface area contributed by atoms with Crippen LogP contribution in [0, 0.1) is 0 Å². The molecule has 0 aliphatic rings.